The molecular weight excluding hydrogens is 558 g/mol. The van der Waals surface area contributed by atoms with Crippen molar-refractivity contribution >= 4 is 29.7 Å². The maximum atomic E-state index is 13.2. The summed E-state index contributed by atoms with van der Waals surface area (Å²) in [6.07, 6.45) is 2.12. The van der Waals surface area contributed by atoms with E-state index in [4.69, 9.17) is 25.4 Å². The van der Waals surface area contributed by atoms with E-state index in [0.717, 1.165) is 0 Å². The highest BCUT2D eigenvalue weighted by atomic mass is 32.2. The SMILES string of the molecule is C#CCCSC1O[C@H](COC(=O)c2ccccc2)[C@@H](OC(=O)c2ccccc2)[C@H](OC(=O)c2ccccc2)[C@H]1N=[N+]=[N-]. The van der Waals surface area contributed by atoms with Crippen LogP contribution in [0.15, 0.2) is 96.1 Å². The highest BCUT2D eigenvalue weighted by Crippen LogP contribution is 2.35. The van der Waals surface area contributed by atoms with Gasteiger partial charge in [0.25, 0.3) is 0 Å². The molecule has 42 heavy (non-hydrogen) atoms. The molecule has 1 heterocycles. The van der Waals surface area contributed by atoms with Gasteiger partial charge >= 0.3 is 17.9 Å². The molecule has 4 rings (SSSR count). The van der Waals surface area contributed by atoms with Crippen LogP contribution in [0.5, 0.6) is 0 Å². The molecular formula is C31H27N3O7S. The number of benzene rings is 3. The molecule has 0 spiro atoms. The molecule has 3 aromatic carbocycles. The Morgan fingerprint density at radius 2 is 1.33 bits per heavy atom. The number of hydrogen-bond donors (Lipinski definition) is 0. The number of azide groups is 1. The lowest BCUT2D eigenvalue weighted by atomic mass is 9.97. The van der Waals surface area contributed by atoms with Gasteiger partial charge in [0.15, 0.2) is 12.2 Å². The van der Waals surface area contributed by atoms with Crippen LogP contribution in [-0.4, -0.2) is 60.1 Å². The number of hydrogen-bond acceptors (Lipinski definition) is 9. The molecule has 3 aromatic rings. The Morgan fingerprint density at radius 3 is 1.83 bits per heavy atom. The zero-order chi connectivity index (χ0) is 29.7. The fraction of sp³-hybridized carbons (Fsp3) is 0.258. The number of carbonyl (C=O) groups excluding carboxylic acids is 3. The zero-order valence-electron chi connectivity index (χ0n) is 22.4. The number of rotatable bonds is 11. The Morgan fingerprint density at radius 1 is 0.833 bits per heavy atom. The summed E-state index contributed by atoms with van der Waals surface area (Å²) in [5.74, 6) is 0.883. The minimum atomic E-state index is -1.31. The van der Waals surface area contributed by atoms with Crippen LogP contribution in [0.3, 0.4) is 0 Å². The van der Waals surface area contributed by atoms with Gasteiger partial charge < -0.3 is 18.9 Å². The molecule has 1 aliphatic heterocycles. The number of nitrogens with zero attached hydrogens (tertiary/aromatic N) is 3. The molecule has 11 heteroatoms. The van der Waals surface area contributed by atoms with Gasteiger partial charge in [-0.25, -0.2) is 14.4 Å². The number of carbonyl (C=O) groups is 3. The van der Waals surface area contributed by atoms with E-state index in [9.17, 15) is 19.9 Å². The number of esters is 3. The van der Waals surface area contributed by atoms with E-state index >= 15 is 0 Å². The van der Waals surface area contributed by atoms with Crippen LogP contribution in [0.2, 0.25) is 0 Å². The molecule has 0 bridgehead atoms. The Hall–Kier alpha value is -4.75. The van der Waals surface area contributed by atoms with Gasteiger partial charge in [-0.1, -0.05) is 59.7 Å². The highest BCUT2D eigenvalue weighted by molar-refractivity contribution is 7.99. The van der Waals surface area contributed by atoms with Crippen molar-refractivity contribution in [2.24, 2.45) is 5.11 Å². The first-order valence-corrected chi connectivity index (χ1v) is 14.1. The molecule has 1 aliphatic rings. The Balaban J connectivity index is 1.69. The second-order valence-corrected chi connectivity index (χ2v) is 10.2. The molecule has 1 unspecified atom stereocenters. The lowest BCUT2D eigenvalue weighted by Crippen LogP contribution is -2.60. The maximum absolute atomic E-state index is 13.2. The van der Waals surface area contributed by atoms with Crippen molar-refractivity contribution in [3.8, 4) is 12.3 Å². The Labute approximate surface area is 246 Å². The smallest absolute Gasteiger partial charge is 0.338 e. The summed E-state index contributed by atoms with van der Waals surface area (Å²) < 4.78 is 23.6. The average Bonchev–Trinajstić information content (AvgIpc) is 3.03. The average molecular weight is 586 g/mol. The van der Waals surface area contributed by atoms with E-state index in [1.54, 1.807) is 91.0 Å². The quantitative estimate of drug-likeness (QED) is 0.0551. The predicted octanol–water partition coefficient (Wildman–Crippen LogP) is 5.45. The summed E-state index contributed by atoms with van der Waals surface area (Å²) in [7, 11) is 0. The van der Waals surface area contributed by atoms with Crippen LogP contribution in [0, 0.1) is 12.3 Å². The van der Waals surface area contributed by atoms with E-state index < -0.39 is 47.7 Å². The van der Waals surface area contributed by atoms with Gasteiger partial charge in [-0.2, -0.15) is 0 Å². The third-order valence-corrected chi connectivity index (χ3v) is 7.38. The Bertz CT molecular complexity index is 1440. The van der Waals surface area contributed by atoms with Crippen LogP contribution in [-0.2, 0) is 18.9 Å². The molecule has 0 amide bonds. The van der Waals surface area contributed by atoms with Crippen LogP contribution in [0.1, 0.15) is 37.5 Å². The van der Waals surface area contributed by atoms with Crippen LogP contribution in [0.4, 0.5) is 0 Å². The molecule has 1 fully saturated rings. The third-order valence-electron chi connectivity index (χ3n) is 6.22. The van der Waals surface area contributed by atoms with Crippen LogP contribution >= 0.6 is 11.8 Å². The van der Waals surface area contributed by atoms with E-state index in [1.807, 2.05) is 0 Å². The summed E-state index contributed by atoms with van der Waals surface area (Å²) in [5, 5.41) is 3.89. The third kappa shape index (κ3) is 7.92. The largest absolute Gasteiger partial charge is 0.459 e. The van der Waals surface area contributed by atoms with Crippen molar-refractivity contribution < 1.29 is 33.3 Å². The summed E-state index contributed by atoms with van der Waals surface area (Å²) in [4.78, 5) is 42.2. The molecule has 0 saturated carbocycles. The first kappa shape index (κ1) is 30.2. The van der Waals surface area contributed by atoms with Gasteiger partial charge in [-0.15, -0.1) is 24.1 Å². The standard InChI is InChI=1S/C31H27N3O7S/c1-2-3-19-42-31-25(33-34-32)27(41-30(37)23-17-11-6-12-18-23)26(40-29(36)22-15-9-5-10-16-22)24(39-31)20-38-28(35)21-13-7-4-8-14-21/h1,4-18,24-27,31H,3,19-20H2/t24-,25-,26-,27-,31?/m1/s1. The summed E-state index contributed by atoms with van der Waals surface area (Å²) in [5.41, 5.74) is 9.35. The van der Waals surface area contributed by atoms with E-state index in [-0.39, 0.29) is 17.7 Å². The first-order chi connectivity index (χ1) is 20.5. The molecule has 0 N–H and O–H groups in total. The fourth-order valence-electron chi connectivity index (χ4n) is 4.20. The molecule has 0 radical (unpaired) electrons. The van der Waals surface area contributed by atoms with Gasteiger partial charge in [0, 0.05) is 17.1 Å². The van der Waals surface area contributed by atoms with E-state index in [1.165, 1.54) is 11.8 Å². The minimum Gasteiger partial charge on any atom is -0.459 e. The topological polar surface area (TPSA) is 137 Å². The van der Waals surface area contributed by atoms with Crippen molar-refractivity contribution in [3.05, 3.63) is 118 Å². The molecule has 0 aliphatic carbocycles. The van der Waals surface area contributed by atoms with E-state index in [2.05, 4.69) is 15.9 Å². The summed E-state index contributed by atoms with van der Waals surface area (Å²) in [6, 6.07) is 23.6. The lowest BCUT2D eigenvalue weighted by molar-refractivity contribution is -0.170. The van der Waals surface area contributed by atoms with Gasteiger partial charge in [-0.3, -0.25) is 0 Å². The monoisotopic (exact) mass is 585 g/mol. The summed E-state index contributed by atoms with van der Waals surface area (Å²) in [6.45, 7) is -0.352. The van der Waals surface area contributed by atoms with Gasteiger partial charge in [0.2, 0.25) is 0 Å². The predicted molar refractivity (Wildman–Crippen MR) is 156 cm³/mol. The Kier molecular flexibility index (Phi) is 11.0. The van der Waals surface area contributed by atoms with Crippen LogP contribution < -0.4 is 0 Å². The number of ether oxygens (including phenoxy) is 4. The van der Waals surface area contributed by atoms with Crippen molar-refractivity contribution in [2.75, 3.05) is 12.4 Å². The van der Waals surface area contributed by atoms with Crippen molar-refractivity contribution in [1.29, 1.82) is 0 Å². The molecule has 214 valence electrons. The molecule has 10 nitrogen and oxygen atoms in total. The molecule has 5 atom stereocenters. The van der Waals surface area contributed by atoms with Crippen molar-refractivity contribution in [2.45, 2.75) is 36.2 Å². The normalized spacial score (nSPS) is 21.2. The first-order valence-electron chi connectivity index (χ1n) is 13.0. The van der Waals surface area contributed by atoms with Crippen molar-refractivity contribution in [3.63, 3.8) is 0 Å². The zero-order valence-corrected chi connectivity index (χ0v) is 23.2. The second-order valence-electron chi connectivity index (χ2n) is 9.00. The maximum Gasteiger partial charge on any atom is 0.338 e. The highest BCUT2D eigenvalue weighted by Gasteiger charge is 2.50. The fourth-order valence-corrected chi connectivity index (χ4v) is 5.30. The number of terminal acetylenes is 1. The van der Waals surface area contributed by atoms with Gasteiger partial charge in [0.05, 0.1) is 16.7 Å². The molecule has 0 aromatic heterocycles. The summed E-state index contributed by atoms with van der Waals surface area (Å²) >= 11 is 1.25. The lowest BCUT2D eigenvalue weighted by Gasteiger charge is -2.43. The van der Waals surface area contributed by atoms with Crippen molar-refractivity contribution in [1.82, 2.24) is 0 Å². The second kappa shape index (κ2) is 15.3. The molecule has 1 saturated heterocycles. The number of thioether (sulfide) groups is 1. The van der Waals surface area contributed by atoms with E-state index in [0.29, 0.717) is 17.7 Å². The van der Waals surface area contributed by atoms with Crippen LogP contribution in [0.25, 0.3) is 10.4 Å². The minimum absolute atomic E-state index is 0.233. The van der Waals surface area contributed by atoms with Gasteiger partial charge in [-0.05, 0) is 41.9 Å². The van der Waals surface area contributed by atoms with Gasteiger partial charge in [0.1, 0.15) is 24.2 Å².